The standard InChI is InChI=1S/C19H18N2O3/c22-19(23)12-9-14-7-10-15(11-8-14)24-13-3-6-18-20-16-4-1-2-5-17(16)21-18/h1-2,4-5,7-12H,3,6,13H2,(H,20,21)(H,22,23). The van der Waals surface area contributed by atoms with Gasteiger partial charge in [0.2, 0.25) is 0 Å². The number of fused-ring (bicyclic) bond motifs is 1. The van der Waals surface area contributed by atoms with Crippen molar-refractivity contribution in [2.75, 3.05) is 6.61 Å². The Hall–Kier alpha value is -3.08. The number of nitrogens with one attached hydrogen (secondary N) is 1. The minimum absolute atomic E-state index is 0.599. The van der Waals surface area contributed by atoms with E-state index in [2.05, 4.69) is 9.97 Å². The Morgan fingerprint density at radius 2 is 1.96 bits per heavy atom. The SMILES string of the molecule is O=C(O)C=Cc1ccc(OCCCc2nc3ccccc3[nH]2)cc1. The molecule has 24 heavy (non-hydrogen) atoms. The minimum atomic E-state index is -0.957. The van der Waals surface area contributed by atoms with Gasteiger partial charge in [0.1, 0.15) is 11.6 Å². The van der Waals surface area contributed by atoms with Crippen molar-refractivity contribution in [1.82, 2.24) is 9.97 Å². The molecule has 0 fully saturated rings. The molecule has 0 aliphatic carbocycles. The van der Waals surface area contributed by atoms with Gasteiger partial charge in [0.15, 0.2) is 0 Å². The maximum absolute atomic E-state index is 10.5. The van der Waals surface area contributed by atoms with Gasteiger partial charge in [-0.1, -0.05) is 24.3 Å². The van der Waals surface area contributed by atoms with Gasteiger partial charge in [-0.3, -0.25) is 0 Å². The van der Waals surface area contributed by atoms with Gasteiger partial charge >= 0.3 is 5.97 Å². The third-order valence-electron chi connectivity index (χ3n) is 3.56. The second-order valence-electron chi connectivity index (χ2n) is 5.39. The molecule has 0 saturated heterocycles. The van der Waals surface area contributed by atoms with Gasteiger partial charge in [-0.25, -0.2) is 9.78 Å². The molecule has 3 aromatic rings. The van der Waals surface area contributed by atoms with Crippen LogP contribution in [0, 0.1) is 0 Å². The summed E-state index contributed by atoms with van der Waals surface area (Å²) >= 11 is 0. The summed E-state index contributed by atoms with van der Waals surface area (Å²) in [7, 11) is 0. The van der Waals surface area contributed by atoms with E-state index in [-0.39, 0.29) is 0 Å². The van der Waals surface area contributed by atoms with E-state index in [9.17, 15) is 4.79 Å². The van der Waals surface area contributed by atoms with E-state index in [1.165, 1.54) is 0 Å². The first kappa shape index (κ1) is 15.8. The largest absolute Gasteiger partial charge is 0.494 e. The number of imidazole rings is 1. The number of aliphatic carboxylic acids is 1. The third-order valence-corrected chi connectivity index (χ3v) is 3.56. The van der Waals surface area contributed by atoms with Crippen LogP contribution < -0.4 is 4.74 Å². The normalized spacial score (nSPS) is 11.2. The lowest BCUT2D eigenvalue weighted by atomic mass is 10.2. The summed E-state index contributed by atoms with van der Waals surface area (Å²) in [4.78, 5) is 18.3. The lowest BCUT2D eigenvalue weighted by Gasteiger charge is -2.05. The molecule has 0 unspecified atom stereocenters. The van der Waals surface area contributed by atoms with Crippen LogP contribution in [0.4, 0.5) is 0 Å². The monoisotopic (exact) mass is 322 g/mol. The molecule has 0 aliphatic heterocycles. The molecule has 0 saturated carbocycles. The number of ether oxygens (including phenoxy) is 1. The average molecular weight is 322 g/mol. The number of carboxylic acid groups (broad SMARTS) is 1. The Morgan fingerprint density at radius 1 is 1.17 bits per heavy atom. The van der Waals surface area contributed by atoms with Crippen molar-refractivity contribution in [3.05, 3.63) is 66.0 Å². The number of hydrogen-bond donors (Lipinski definition) is 2. The number of rotatable bonds is 7. The molecule has 0 aliphatic rings. The van der Waals surface area contributed by atoms with Gasteiger partial charge < -0.3 is 14.8 Å². The number of aromatic nitrogens is 2. The molecule has 0 bridgehead atoms. The fourth-order valence-corrected chi connectivity index (χ4v) is 2.40. The van der Waals surface area contributed by atoms with Crippen LogP contribution in [0.3, 0.4) is 0 Å². The van der Waals surface area contributed by atoms with E-state index in [1.807, 2.05) is 48.5 Å². The summed E-state index contributed by atoms with van der Waals surface area (Å²) in [6.07, 6.45) is 4.35. The van der Waals surface area contributed by atoms with Crippen LogP contribution in [0.1, 0.15) is 17.8 Å². The fourth-order valence-electron chi connectivity index (χ4n) is 2.40. The molecular weight excluding hydrogens is 304 g/mol. The summed E-state index contributed by atoms with van der Waals surface area (Å²) in [5.41, 5.74) is 2.86. The van der Waals surface area contributed by atoms with Crippen molar-refractivity contribution in [2.24, 2.45) is 0 Å². The van der Waals surface area contributed by atoms with E-state index < -0.39 is 5.97 Å². The molecule has 5 nitrogen and oxygen atoms in total. The zero-order chi connectivity index (χ0) is 16.8. The van der Waals surface area contributed by atoms with Crippen molar-refractivity contribution < 1.29 is 14.6 Å². The zero-order valence-corrected chi connectivity index (χ0v) is 13.1. The van der Waals surface area contributed by atoms with Gasteiger partial charge in [0, 0.05) is 12.5 Å². The topological polar surface area (TPSA) is 75.2 Å². The summed E-state index contributed by atoms with van der Waals surface area (Å²) in [5.74, 6) is 0.780. The number of nitrogens with zero attached hydrogens (tertiary/aromatic N) is 1. The van der Waals surface area contributed by atoms with Crippen LogP contribution >= 0.6 is 0 Å². The van der Waals surface area contributed by atoms with Gasteiger partial charge in [-0.15, -0.1) is 0 Å². The Labute approximate surface area is 139 Å². The first-order valence-electron chi connectivity index (χ1n) is 7.78. The van der Waals surface area contributed by atoms with Crippen molar-refractivity contribution in [3.63, 3.8) is 0 Å². The van der Waals surface area contributed by atoms with Gasteiger partial charge in [0.25, 0.3) is 0 Å². The van der Waals surface area contributed by atoms with Crippen molar-refractivity contribution in [2.45, 2.75) is 12.8 Å². The van der Waals surface area contributed by atoms with Crippen LogP contribution in [0.25, 0.3) is 17.1 Å². The molecule has 0 radical (unpaired) electrons. The molecule has 5 heteroatoms. The van der Waals surface area contributed by atoms with Crippen LogP contribution in [-0.2, 0) is 11.2 Å². The number of benzene rings is 2. The number of hydrogen-bond acceptors (Lipinski definition) is 3. The van der Waals surface area contributed by atoms with E-state index >= 15 is 0 Å². The number of carbonyl (C=O) groups is 1. The van der Waals surface area contributed by atoms with Crippen LogP contribution in [0.5, 0.6) is 5.75 Å². The lowest BCUT2D eigenvalue weighted by Crippen LogP contribution is -2.00. The quantitative estimate of drug-likeness (QED) is 0.514. The van der Waals surface area contributed by atoms with Crippen LogP contribution in [-0.4, -0.2) is 27.7 Å². The molecule has 0 spiro atoms. The maximum atomic E-state index is 10.5. The van der Waals surface area contributed by atoms with Crippen molar-refractivity contribution in [1.29, 1.82) is 0 Å². The summed E-state index contributed by atoms with van der Waals surface area (Å²) in [6.45, 7) is 0.599. The smallest absolute Gasteiger partial charge is 0.328 e. The van der Waals surface area contributed by atoms with E-state index in [0.717, 1.165) is 47.1 Å². The maximum Gasteiger partial charge on any atom is 0.328 e. The Morgan fingerprint density at radius 3 is 2.71 bits per heavy atom. The van der Waals surface area contributed by atoms with Crippen LogP contribution in [0.2, 0.25) is 0 Å². The Bertz CT molecular complexity index is 817. The van der Waals surface area contributed by atoms with E-state index in [1.54, 1.807) is 6.08 Å². The Kier molecular flexibility index (Phi) is 4.91. The molecule has 2 aromatic carbocycles. The number of aryl methyl sites for hydroxylation is 1. The number of para-hydroxylation sites is 2. The number of aromatic amines is 1. The predicted octanol–water partition coefficient (Wildman–Crippen LogP) is 3.67. The van der Waals surface area contributed by atoms with E-state index in [0.29, 0.717) is 6.61 Å². The molecule has 0 atom stereocenters. The molecule has 0 amide bonds. The molecule has 122 valence electrons. The number of H-pyrrole nitrogens is 1. The minimum Gasteiger partial charge on any atom is -0.494 e. The van der Waals surface area contributed by atoms with E-state index in [4.69, 9.17) is 9.84 Å². The summed E-state index contributed by atoms with van der Waals surface area (Å²) in [6, 6.07) is 15.3. The van der Waals surface area contributed by atoms with Gasteiger partial charge in [-0.2, -0.15) is 0 Å². The third kappa shape index (κ3) is 4.23. The fraction of sp³-hybridized carbons (Fsp3) is 0.158. The first-order chi connectivity index (χ1) is 11.7. The van der Waals surface area contributed by atoms with Crippen LogP contribution in [0.15, 0.2) is 54.6 Å². The second-order valence-corrected chi connectivity index (χ2v) is 5.39. The molecular formula is C19H18N2O3. The lowest BCUT2D eigenvalue weighted by molar-refractivity contribution is -0.131. The average Bonchev–Trinajstić information content (AvgIpc) is 3.00. The summed E-state index contributed by atoms with van der Waals surface area (Å²) in [5, 5.41) is 8.59. The van der Waals surface area contributed by atoms with Crippen molar-refractivity contribution >= 4 is 23.1 Å². The predicted molar refractivity (Wildman–Crippen MR) is 93.0 cm³/mol. The highest BCUT2D eigenvalue weighted by Crippen LogP contribution is 2.14. The molecule has 3 rings (SSSR count). The molecule has 2 N–H and O–H groups in total. The van der Waals surface area contributed by atoms with Crippen molar-refractivity contribution in [3.8, 4) is 5.75 Å². The Balaban J connectivity index is 1.47. The van der Waals surface area contributed by atoms with Gasteiger partial charge in [0.05, 0.1) is 17.6 Å². The highest BCUT2D eigenvalue weighted by molar-refractivity contribution is 5.85. The van der Waals surface area contributed by atoms with Gasteiger partial charge in [-0.05, 0) is 42.3 Å². The zero-order valence-electron chi connectivity index (χ0n) is 13.1. The first-order valence-corrected chi connectivity index (χ1v) is 7.78. The second kappa shape index (κ2) is 7.46. The number of carboxylic acids is 1. The molecule has 1 heterocycles. The molecule has 1 aromatic heterocycles. The highest BCUT2D eigenvalue weighted by atomic mass is 16.5. The highest BCUT2D eigenvalue weighted by Gasteiger charge is 2.02. The summed E-state index contributed by atoms with van der Waals surface area (Å²) < 4.78 is 5.70.